The van der Waals surface area contributed by atoms with Crippen LogP contribution in [0.15, 0.2) is 29.2 Å². The number of carbonyl (C=O) groups is 3. The van der Waals surface area contributed by atoms with Crippen LogP contribution in [0.5, 0.6) is 0 Å². The molecule has 1 aromatic rings. The number of primary amides is 1. The van der Waals surface area contributed by atoms with Crippen molar-refractivity contribution < 1.29 is 29.7 Å². The fourth-order valence-electron chi connectivity index (χ4n) is 4.94. The lowest BCUT2D eigenvalue weighted by Gasteiger charge is -2.50. The van der Waals surface area contributed by atoms with Crippen LogP contribution >= 0.6 is 0 Å². The summed E-state index contributed by atoms with van der Waals surface area (Å²) in [6, 6.07) is 0.593. The Morgan fingerprint density at radius 1 is 1.32 bits per heavy atom. The SMILES string of the molecule is CN(C)[C@@H]1C(=O)C(C(N)=O)=C(O)[C@@]2(O)C(=O)C3=C(O)c4cc[nH]c4C[C@H]3C[C@@H]12. The summed E-state index contributed by atoms with van der Waals surface area (Å²) in [5.74, 6) is -5.59. The van der Waals surface area contributed by atoms with Gasteiger partial charge in [0.2, 0.25) is 5.78 Å². The first-order valence-electron chi connectivity index (χ1n) is 8.91. The second kappa shape index (κ2) is 5.79. The normalized spacial score (nSPS) is 32.4. The third kappa shape index (κ3) is 2.11. The number of hydrogen-bond acceptors (Lipinski definition) is 7. The van der Waals surface area contributed by atoms with E-state index in [-0.39, 0.29) is 17.8 Å². The number of fused-ring (bicyclic) bond motifs is 3. The third-order valence-corrected chi connectivity index (χ3v) is 6.16. The average molecular weight is 387 g/mol. The third-order valence-electron chi connectivity index (χ3n) is 6.16. The van der Waals surface area contributed by atoms with Crippen molar-refractivity contribution in [2.75, 3.05) is 14.1 Å². The molecule has 0 bridgehead atoms. The predicted molar refractivity (Wildman–Crippen MR) is 96.9 cm³/mol. The Morgan fingerprint density at radius 3 is 2.61 bits per heavy atom. The number of hydrogen-bond donors (Lipinski definition) is 5. The van der Waals surface area contributed by atoms with Gasteiger partial charge in [-0.2, -0.15) is 0 Å². The highest BCUT2D eigenvalue weighted by molar-refractivity contribution is 6.24. The number of nitrogens with zero attached hydrogens (tertiary/aromatic N) is 1. The predicted octanol–water partition coefficient (Wildman–Crippen LogP) is -0.413. The molecule has 9 heteroatoms. The van der Waals surface area contributed by atoms with Crippen LogP contribution in [0.2, 0.25) is 0 Å². The molecule has 0 aromatic carbocycles. The highest BCUT2D eigenvalue weighted by Crippen LogP contribution is 2.51. The smallest absolute Gasteiger partial charge is 0.255 e. The number of aliphatic hydroxyl groups is 3. The van der Waals surface area contributed by atoms with Crippen molar-refractivity contribution in [3.8, 4) is 0 Å². The number of nitrogens with one attached hydrogen (secondary N) is 1. The van der Waals surface area contributed by atoms with Crippen LogP contribution in [0.1, 0.15) is 17.7 Å². The summed E-state index contributed by atoms with van der Waals surface area (Å²) in [6.45, 7) is 0. The Hall–Kier alpha value is -2.91. The van der Waals surface area contributed by atoms with Crippen LogP contribution in [0.25, 0.3) is 5.76 Å². The van der Waals surface area contributed by atoms with E-state index in [9.17, 15) is 29.7 Å². The summed E-state index contributed by atoms with van der Waals surface area (Å²) < 4.78 is 0. The Labute approximate surface area is 160 Å². The highest BCUT2D eigenvalue weighted by Gasteiger charge is 2.64. The number of Topliss-reactive ketones (excluding diaryl/α,β-unsaturated/α-hetero) is 2. The van der Waals surface area contributed by atoms with Gasteiger partial charge in [-0.05, 0) is 38.9 Å². The minimum Gasteiger partial charge on any atom is -0.508 e. The van der Waals surface area contributed by atoms with Crippen molar-refractivity contribution in [3.63, 3.8) is 0 Å². The van der Waals surface area contributed by atoms with E-state index in [1.807, 2.05) is 0 Å². The number of aromatic nitrogens is 1. The number of aromatic amines is 1. The van der Waals surface area contributed by atoms with E-state index >= 15 is 0 Å². The maximum atomic E-state index is 13.4. The highest BCUT2D eigenvalue weighted by atomic mass is 16.3. The van der Waals surface area contributed by atoms with Crippen LogP contribution in [-0.4, -0.2) is 68.4 Å². The van der Waals surface area contributed by atoms with Crippen LogP contribution in [0.3, 0.4) is 0 Å². The quantitative estimate of drug-likeness (QED) is 0.432. The lowest BCUT2D eigenvalue weighted by molar-refractivity contribution is -0.153. The van der Waals surface area contributed by atoms with Gasteiger partial charge in [-0.15, -0.1) is 0 Å². The van der Waals surface area contributed by atoms with E-state index in [0.29, 0.717) is 12.0 Å². The zero-order valence-electron chi connectivity index (χ0n) is 15.4. The van der Waals surface area contributed by atoms with Crippen molar-refractivity contribution >= 4 is 23.2 Å². The number of aliphatic hydroxyl groups excluding tert-OH is 2. The van der Waals surface area contributed by atoms with Gasteiger partial charge in [0.15, 0.2) is 11.4 Å². The van der Waals surface area contributed by atoms with Gasteiger partial charge < -0.3 is 26.0 Å². The number of ketones is 2. The Kier molecular flexibility index (Phi) is 3.82. The van der Waals surface area contributed by atoms with Crippen LogP contribution in [0.4, 0.5) is 0 Å². The number of H-pyrrole nitrogens is 1. The number of rotatable bonds is 2. The Morgan fingerprint density at radius 2 is 2.00 bits per heavy atom. The van der Waals surface area contributed by atoms with Crippen molar-refractivity contribution in [1.29, 1.82) is 0 Å². The van der Waals surface area contributed by atoms with E-state index in [1.54, 1.807) is 26.4 Å². The van der Waals surface area contributed by atoms with Gasteiger partial charge in [0.1, 0.15) is 17.1 Å². The summed E-state index contributed by atoms with van der Waals surface area (Å²) in [6.07, 6.45) is 2.21. The summed E-state index contributed by atoms with van der Waals surface area (Å²) in [5, 5.41) is 32.6. The minimum atomic E-state index is -2.51. The fourth-order valence-corrected chi connectivity index (χ4v) is 4.94. The molecule has 1 saturated carbocycles. The van der Waals surface area contributed by atoms with Gasteiger partial charge in [0.05, 0.1) is 6.04 Å². The molecule has 0 aliphatic heterocycles. The summed E-state index contributed by atoms with van der Waals surface area (Å²) in [5.41, 5.74) is 3.18. The second-order valence-electron chi connectivity index (χ2n) is 7.83. The maximum absolute atomic E-state index is 13.4. The Bertz CT molecular complexity index is 988. The van der Waals surface area contributed by atoms with E-state index in [2.05, 4.69) is 4.98 Å². The summed E-state index contributed by atoms with van der Waals surface area (Å²) >= 11 is 0. The van der Waals surface area contributed by atoms with E-state index in [0.717, 1.165) is 5.69 Å². The first-order chi connectivity index (χ1) is 13.1. The molecule has 4 rings (SSSR count). The molecule has 0 spiro atoms. The molecule has 0 unspecified atom stereocenters. The standard InChI is InChI=1S/C19H21N3O6/c1-22(2)13-9-5-7-6-10-8(3-4-21-10)14(23)11(7)16(25)19(9,28)17(26)12(15(13)24)18(20)27/h3-4,7,9,13,21,23,26,28H,5-6H2,1-2H3,(H2,20,27)/t7-,9+,13+,19+/m1/s1. The van der Waals surface area contributed by atoms with Gasteiger partial charge in [0.25, 0.3) is 5.91 Å². The zero-order valence-corrected chi connectivity index (χ0v) is 15.4. The van der Waals surface area contributed by atoms with Gasteiger partial charge >= 0.3 is 0 Å². The van der Waals surface area contributed by atoms with E-state index < -0.39 is 52.3 Å². The van der Waals surface area contributed by atoms with Crippen molar-refractivity contribution in [3.05, 3.63) is 40.4 Å². The molecule has 9 nitrogen and oxygen atoms in total. The molecule has 0 saturated heterocycles. The Balaban J connectivity index is 1.96. The molecule has 1 amide bonds. The maximum Gasteiger partial charge on any atom is 0.255 e. The molecule has 3 aliphatic carbocycles. The molecular formula is C19H21N3O6. The average Bonchev–Trinajstić information content (AvgIpc) is 3.06. The number of likely N-dealkylation sites (N-methyl/N-ethyl adjacent to an activating group) is 1. The van der Waals surface area contributed by atoms with Gasteiger partial charge in [-0.1, -0.05) is 0 Å². The second-order valence-corrected chi connectivity index (χ2v) is 7.83. The van der Waals surface area contributed by atoms with E-state index in [1.165, 1.54) is 4.90 Å². The number of amides is 1. The molecule has 1 fully saturated rings. The molecule has 28 heavy (non-hydrogen) atoms. The van der Waals surface area contributed by atoms with Crippen molar-refractivity contribution in [2.24, 2.45) is 17.6 Å². The zero-order chi connectivity index (χ0) is 20.5. The lowest BCUT2D eigenvalue weighted by atomic mass is 9.58. The summed E-state index contributed by atoms with van der Waals surface area (Å²) in [4.78, 5) is 42.6. The van der Waals surface area contributed by atoms with Gasteiger partial charge in [-0.3, -0.25) is 19.3 Å². The summed E-state index contributed by atoms with van der Waals surface area (Å²) in [7, 11) is 3.17. The van der Waals surface area contributed by atoms with Gasteiger partial charge in [0, 0.05) is 28.9 Å². The molecule has 6 N–H and O–H groups in total. The first-order valence-corrected chi connectivity index (χ1v) is 8.91. The fraction of sp³-hybridized carbons (Fsp3) is 0.421. The lowest BCUT2D eigenvalue weighted by Crippen LogP contribution is -2.65. The van der Waals surface area contributed by atoms with Crippen molar-refractivity contribution in [2.45, 2.75) is 24.5 Å². The molecule has 0 radical (unpaired) electrons. The molecular weight excluding hydrogens is 366 g/mol. The van der Waals surface area contributed by atoms with Gasteiger partial charge in [-0.25, -0.2) is 0 Å². The first kappa shape index (κ1) is 18.5. The molecule has 3 aliphatic rings. The molecule has 4 atom stereocenters. The molecule has 148 valence electrons. The monoisotopic (exact) mass is 387 g/mol. The molecule has 1 heterocycles. The minimum absolute atomic E-state index is 0.00641. The number of nitrogens with two attached hydrogens (primary N) is 1. The van der Waals surface area contributed by atoms with E-state index in [4.69, 9.17) is 5.73 Å². The largest absolute Gasteiger partial charge is 0.508 e. The molecule has 1 aromatic heterocycles. The van der Waals surface area contributed by atoms with Crippen molar-refractivity contribution in [1.82, 2.24) is 9.88 Å². The van der Waals surface area contributed by atoms with Crippen LogP contribution < -0.4 is 5.73 Å². The topological polar surface area (TPSA) is 157 Å². The number of carbonyl (C=O) groups excluding carboxylic acids is 3. The van der Waals surface area contributed by atoms with Crippen LogP contribution in [-0.2, 0) is 20.8 Å². The van der Waals surface area contributed by atoms with Crippen LogP contribution in [0, 0.1) is 11.8 Å².